The summed E-state index contributed by atoms with van der Waals surface area (Å²) in [4.78, 5) is 13.5. The third kappa shape index (κ3) is 1.37. The van der Waals surface area contributed by atoms with Gasteiger partial charge in [-0.2, -0.15) is 0 Å². The summed E-state index contributed by atoms with van der Waals surface area (Å²) in [6, 6.07) is 0.182. The van der Waals surface area contributed by atoms with E-state index in [0.717, 1.165) is 12.8 Å². The van der Waals surface area contributed by atoms with Crippen LogP contribution >= 0.6 is 0 Å². The molecule has 1 saturated carbocycles. The molecule has 0 radical (unpaired) electrons. The highest BCUT2D eigenvalue weighted by Gasteiger charge is 2.32. The minimum atomic E-state index is -0.511. The summed E-state index contributed by atoms with van der Waals surface area (Å²) in [6.45, 7) is 0.136. The molecule has 0 spiro atoms. The molecule has 6 nitrogen and oxygen atoms in total. The molecule has 76 valence electrons. The second-order valence-corrected chi connectivity index (χ2v) is 3.52. The Balaban J connectivity index is 2.13. The first-order chi connectivity index (χ1) is 6.72. The Labute approximate surface area is 80.3 Å². The van der Waals surface area contributed by atoms with Crippen LogP contribution in [0, 0.1) is 16.0 Å². The van der Waals surface area contributed by atoms with E-state index < -0.39 is 4.92 Å². The quantitative estimate of drug-likeness (QED) is 0.572. The molecule has 0 aromatic carbocycles. The lowest BCUT2D eigenvalue weighted by Crippen LogP contribution is -2.30. The molecule has 0 saturated heterocycles. The van der Waals surface area contributed by atoms with Gasteiger partial charge in [0.25, 0.3) is 0 Å². The maximum absolute atomic E-state index is 10.4. The molecular weight excluding hydrogens is 186 g/mol. The van der Waals surface area contributed by atoms with Crippen molar-refractivity contribution in [3.63, 3.8) is 0 Å². The Bertz CT molecular complexity index is 347. The number of nitro groups is 1. The average Bonchev–Trinajstić information content (AvgIpc) is 2.52. The van der Waals surface area contributed by atoms with E-state index in [9.17, 15) is 10.1 Å². The SMILES string of the molecule is O=[N+]([O-])c1cn(C2CCC2CO)cn1. The van der Waals surface area contributed by atoms with Crippen LogP contribution < -0.4 is 0 Å². The number of hydrogen-bond donors (Lipinski definition) is 1. The van der Waals surface area contributed by atoms with E-state index in [1.165, 1.54) is 12.5 Å². The summed E-state index contributed by atoms with van der Waals surface area (Å²) in [5.41, 5.74) is 0. The Hall–Kier alpha value is -1.43. The number of hydrogen-bond acceptors (Lipinski definition) is 4. The number of nitrogens with zero attached hydrogens (tertiary/aromatic N) is 3. The first-order valence-corrected chi connectivity index (χ1v) is 4.51. The minimum Gasteiger partial charge on any atom is -0.396 e. The Morgan fingerprint density at radius 3 is 2.93 bits per heavy atom. The molecule has 1 aromatic heterocycles. The topological polar surface area (TPSA) is 81.2 Å². The molecule has 14 heavy (non-hydrogen) atoms. The van der Waals surface area contributed by atoms with Crippen LogP contribution in [0.3, 0.4) is 0 Å². The van der Waals surface area contributed by atoms with Crippen LogP contribution in [0.2, 0.25) is 0 Å². The van der Waals surface area contributed by atoms with Crippen molar-refractivity contribution in [3.05, 3.63) is 22.6 Å². The summed E-state index contributed by atoms with van der Waals surface area (Å²) >= 11 is 0. The lowest BCUT2D eigenvalue weighted by molar-refractivity contribution is -0.389. The van der Waals surface area contributed by atoms with Crippen LogP contribution in [0.25, 0.3) is 0 Å². The Kier molecular flexibility index (Phi) is 2.20. The van der Waals surface area contributed by atoms with Crippen molar-refractivity contribution in [2.75, 3.05) is 6.61 Å². The van der Waals surface area contributed by atoms with Gasteiger partial charge in [0.15, 0.2) is 0 Å². The van der Waals surface area contributed by atoms with Gasteiger partial charge in [0.05, 0.1) is 0 Å². The van der Waals surface area contributed by atoms with Gasteiger partial charge in [0.2, 0.25) is 6.33 Å². The molecule has 1 aliphatic rings. The summed E-state index contributed by atoms with van der Waals surface area (Å²) in [5.74, 6) is 0.0948. The second kappa shape index (κ2) is 3.38. The van der Waals surface area contributed by atoms with Crippen LogP contribution in [0.5, 0.6) is 0 Å². The van der Waals surface area contributed by atoms with Crippen molar-refractivity contribution in [3.8, 4) is 0 Å². The predicted octanol–water partition coefficient (Wildman–Crippen LogP) is 0.735. The van der Waals surface area contributed by atoms with E-state index in [1.807, 2.05) is 0 Å². The van der Waals surface area contributed by atoms with Gasteiger partial charge in [-0.15, -0.1) is 0 Å². The highest BCUT2D eigenvalue weighted by Crippen LogP contribution is 2.38. The summed E-state index contributed by atoms with van der Waals surface area (Å²) in [6.07, 6.45) is 4.82. The van der Waals surface area contributed by atoms with Gasteiger partial charge in [0.1, 0.15) is 6.20 Å². The highest BCUT2D eigenvalue weighted by atomic mass is 16.6. The average molecular weight is 197 g/mol. The molecule has 2 atom stereocenters. The minimum absolute atomic E-state index is 0.131. The van der Waals surface area contributed by atoms with E-state index in [1.54, 1.807) is 4.57 Å². The molecule has 1 N–H and O–H groups in total. The Morgan fingerprint density at radius 1 is 1.71 bits per heavy atom. The fraction of sp³-hybridized carbons (Fsp3) is 0.625. The molecule has 2 unspecified atom stereocenters. The summed E-state index contributed by atoms with van der Waals surface area (Å²) in [5, 5.41) is 19.3. The maximum Gasteiger partial charge on any atom is 0.381 e. The van der Waals surface area contributed by atoms with Gasteiger partial charge in [0, 0.05) is 18.6 Å². The Morgan fingerprint density at radius 2 is 2.50 bits per heavy atom. The molecule has 1 aromatic rings. The van der Waals surface area contributed by atoms with Crippen LogP contribution in [-0.4, -0.2) is 26.2 Å². The fourth-order valence-corrected chi connectivity index (χ4v) is 1.76. The van der Waals surface area contributed by atoms with Crippen molar-refractivity contribution < 1.29 is 10.0 Å². The predicted molar refractivity (Wildman–Crippen MR) is 47.7 cm³/mol. The maximum atomic E-state index is 10.4. The van der Waals surface area contributed by atoms with Gasteiger partial charge < -0.3 is 19.8 Å². The zero-order chi connectivity index (χ0) is 10.1. The van der Waals surface area contributed by atoms with E-state index in [2.05, 4.69) is 4.98 Å². The van der Waals surface area contributed by atoms with Gasteiger partial charge in [-0.05, 0) is 22.7 Å². The zero-order valence-corrected chi connectivity index (χ0v) is 7.54. The lowest BCUT2D eigenvalue weighted by Gasteiger charge is -2.35. The van der Waals surface area contributed by atoms with Gasteiger partial charge in [-0.1, -0.05) is 0 Å². The smallest absolute Gasteiger partial charge is 0.381 e. The second-order valence-electron chi connectivity index (χ2n) is 3.52. The number of aliphatic hydroxyl groups is 1. The van der Waals surface area contributed by atoms with Crippen molar-refractivity contribution in [1.82, 2.24) is 9.55 Å². The zero-order valence-electron chi connectivity index (χ0n) is 7.54. The summed E-state index contributed by atoms with van der Waals surface area (Å²) < 4.78 is 1.72. The third-order valence-electron chi connectivity index (χ3n) is 2.77. The molecule has 2 rings (SSSR count). The van der Waals surface area contributed by atoms with Crippen LogP contribution in [0.15, 0.2) is 12.5 Å². The first kappa shape index (κ1) is 9.14. The van der Waals surface area contributed by atoms with Crippen LogP contribution in [0.1, 0.15) is 18.9 Å². The van der Waals surface area contributed by atoms with Gasteiger partial charge >= 0.3 is 5.82 Å². The molecular formula is C8H11N3O3. The van der Waals surface area contributed by atoms with Crippen molar-refractivity contribution in [2.24, 2.45) is 5.92 Å². The van der Waals surface area contributed by atoms with Gasteiger partial charge in [-0.25, -0.2) is 0 Å². The standard InChI is InChI=1S/C8H11N3O3/c12-4-6-1-2-7(6)10-3-8(9-5-10)11(13)14/h3,5-7,12H,1-2,4H2. The lowest BCUT2D eigenvalue weighted by atomic mass is 9.80. The molecule has 0 bridgehead atoms. The molecule has 1 fully saturated rings. The van der Waals surface area contributed by atoms with Crippen LogP contribution in [-0.2, 0) is 0 Å². The van der Waals surface area contributed by atoms with E-state index in [4.69, 9.17) is 5.11 Å². The van der Waals surface area contributed by atoms with E-state index in [0.29, 0.717) is 0 Å². The van der Waals surface area contributed by atoms with E-state index in [-0.39, 0.29) is 24.4 Å². The monoisotopic (exact) mass is 197 g/mol. The van der Waals surface area contributed by atoms with Crippen molar-refractivity contribution in [2.45, 2.75) is 18.9 Å². The number of aliphatic hydroxyl groups excluding tert-OH is 1. The van der Waals surface area contributed by atoms with Crippen molar-refractivity contribution in [1.29, 1.82) is 0 Å². The largest absolute Gasteiger partial charge is 0.396 e. The molecule has 0 aliphatic heterocycles. The van der Waals surface area contributed by atoms with E-state index >= 15 is 0 Å². The normalized spacial score (nSPS) is 25.8. The van der Waals surface area contributed by atoms with Crippen molar-refractivity contribution >= 4 is 5.82 Å². The highest BCUT2D eigenvalue weighted by molar-refractivity contribution is 5.13. The third-order valence-corrected chi connectivity index (χ3v) is 2.77. The van der Waals surface area contributed by atoms with Crippen LogP contribution in [0.4, 0.5) is 5.82 Å². The van der Waals surface area contributed by atoms with Gasteiger partial charge in [-0.3, -0.25) is 0 Å². The number of imidazole rings is 1. The molecule has 0 amide bonds. The summed E-state index contributed by atoms with van der Waals surface area (Å²) in [7, 11) is 0. The molecule has 6 heteroatoms. The molecule has 1 aliphatic carbocycles. The number of rotatable bonds is 3. The number of aromatic nitrogens is 2. The first-order valence-electron chi connectivity index (χ1n) is 4.51. The molecule has 1 heterocycles. The fourth-order valence-electron chi connectivity index (χ4n) is 1.76.